The lowest BCUT2D eigenvalue weighted by Crippen LogP contribution is -2.31. The monoisotopic (exact) mass is 381 g/mol. The van der Waals surface area contributed by atoms with Crippen molar-refractivity contribution >= 4 is 28.5 Å². The van der Waals surface area contributed by atoms with E-state index in [1.54, 1.807) is 29.1 Å². The molecular formula is C21H23N3O4. The van der Waals surface area contributed by atoms with E-state index in [1.165, 1.54) is 14.0 Å². The molecule has 0 aliphatic rings. The van der Waals surface area contributed by atoms with Crippen molar-refractivity contribution in [3.63, 3.8) is 0 Å². The molecule has 0 aliphatic carbocycles. The van der Waals surface area contributed by atoms with Gasteiger partial charge in [0, 0.05) is 12.1 Å². The highest BCUT2D eigenvalue weighted by molar-refractivity contribution is 6.01. The molecule has 0 saturated carbocycles. The Balaban J connectivity index is 1.75. The maximum Gasteiger partial charge on any atom is 0.342 e. The Morgan fingerprint density at radius 3 is 2.39 bits per heavy atom. The number of rotatable bonds is 6. The average molecular weight is 381 g/mol. The first-order valence-electron chi connectivity index (χ1n) is 9.03. The number of hydrogen-bond acceptors (Lipinski definition) is 5. The third kappa shape index (κ3) is 3.98. The molecule has 1 heterocycles. The van der Waals surface area contributed by atoms with Crippen LogP contribution in [0, 0.1) is 0 Å². The number of amides is 1. The first-order valence-corrected chi connectivity index (χ1v) is 9.03. The van der Waals surface area contributed by atoms with E-state index >= 15 is 0 Å². The van der Waals surface area contributed by atoms with Gasteiger partial charge in [-0.3, -0.25) is 4.79 Å². The SMILES string of the molecule is COc1cc2ccccc2cc1C(=O)O[C@H](C)C(=O)Nc1ccnn1C(C)C. The van der Waals surface area contributed by atoms with Crippen LogP contribution in [-0.4, -0.2) is 34.9 Å². The van der Waals surface area contributed by atoms with E-state index in [0.29, 0.717) is 11.6 Å². The van der Waals surface area contributed by atoms with E-state index in [0.717, 1.165) is 10.8 Å². The van der Waals surface area contributed by atoms with E-state index < -0.39 is 18.0 Å². The van der Waals surface area contributed by atoms with E-state index in [1.807, 2.05) is 38.1 Å². The van der Waals surface area contributed by atoms with Gasteiger partial charge in [-0.05, 0) is 43.7 Å². The number of aromatic nitrogens is 2. The van der Waals surface area contributed by atoms with Crippen LogP contribution in [0.25, 0.3) is 10.8 Å². The first kappa shape index (κ1) is 19.4. The minimum atomic E-state index is -0.987. The zero-order valence-electron chi connectivity index (χ0n) is 16.3. The normalized spacial score (nSPS) is 12.0. The highest BCUT2D eigenvalue weighted by Gasteiger charge is 2.23. The van der Waals surface area contributed by atoms with Gasteiger partial charge in [0.2, 0.25) is 0 Å². The summed E-state index contributed by atoms with van der Waals surface area (Å²) >= 11 is 0. The number of ether oxygens (including phenoxy) is 2. The molecule has 1 N–H and O–H groups in total. The number of nitrogens with zero attached hydrogens (tertiary/aromatic N) is 2. The molecule has 0 saturated heterocycles. The van der Waals surface area contributed by atoms with Gasteiger partial charge >= 0.3 is 5.97 Å². The molecule has 3 rings (SSSR count). The van der Waals surface area contributed by atoms with E-state index in [2.05, 4.69) is 10.4 Å². The molecule has 0 aliphatic heterocycles. The van der Waals surface area contributed by atoms with Crippen LogP contribution < -0.4 is 10.1 Å². The molecule has 3 aromatic rings. The summed E-state index contributed by atoms with van der Waals surface area (Å²) in [6.07, 6.45) is 0.617. The van der Waals surface area contributed by atoms with Crippen LogP contribution in [0.4, 0.5) is 5.82 Å². The summed E-state index contributed by atoms with van der Waals surface area (Å²) in [6, 6.07) is 12.9. The molecule has 0 radical (unpaired) electrons. The van der Waals surface area contributed by atoms with Crippen molar-refractivity contribution in [3.05, 3.63) is 54.2 Å². The number of nitrogens with one attached hydrogen (secondary N) is 1. The predicted molar refractivity (Wildman–Crippen MR) is 107 cm³/mol. The highest BCUT2D eigenvalue weighted by atomic mass is 16.5. The number of benzene rings is 2. The van der Waals surface area contributed by atoms with Crippen LogP contribution in [0.15, 0.2) is 48.7 Å². The molecule has 0 spiro atoms. The molecule has 0 fully saturated rings. The lowest BCUT2D eigenvalue weighted by atomic mass is 10.1. The fraction of sp³-hybridized carbons (Fsp3) is 0.286. The number of carbonyl (C=O) groups is 2. The molecule has 1 amide bonds. The van der Waals surface area contributed by atoms with Crippen molar-refractivity contribution < 1.29 is 19.1 Å². The molecule has 146 valence electrons. The van der Waals surface area contributed by atoms with Gasteiger partial charge in [-0.25, -0.2) is 9.48 Å². The Hall–Kier alpha value is -3.35. The second-order valence-electron chi connectivity index (χ2n) is 6.69. The second kappa shape index (κ2) is 8.12. The summed E-state index contributed by atoms with van der Waals surface area (Å²) in [6.45, 7) is 5.44. The molecule has 0 unspecified atom stereocenters. The zero-order valence-corrected chi connectivity index (χ0v) is 16.3. The van der Waals surface area contributed by atoms with Gasteiger partial charge in [0.15, 0.2) is 6.10 Å². The number of fused-ring (bicyclic) bond motifs is 1. The third-order valence-corrected chi connectivity index (χ3v) is 4.35. The number of anilines is 1. The summed E-state index contributed by atoms with van der Waals surface area (Å²) in [4.78, 5) is 25.1. The standard InChI is InChI=1S/C21H23N3O4/c1-13(2)24-19(9-10-22-24)23-20(25)14(3)28-21(26)17-11-15-7-5-6-8-16(15)12-18(17)27-4/h5-14H,1-4H3,(H,23,25)/t14-/m1/s1. The number of methoxy groups -OCH3 is 1. The summed E-state index contributed by atoms with van der Waals surface area (Å²) < 4.78 is 12.4. The highest BCUT2D eigenvalue weighted by Crippen LogP contribution is 2.27. The summed E-state index contributed by atoms with van der Waals surface area (Å²) in [5, 5.41) is 8.74. The molecule has 7 heteroatoms. The molecule has 1 atom stereocenters. The van der Waals surface area contributed by atoms with Crippen molar-refractivity contribution in [3.8, 4) is 5.75 Å². The summed E-state index contributed by atoms with van der Waals surface area (Å²) in [5.74, 6) is -0.112. The molecule has 28 heavy (non-hydrogen) atoms. The van der Waals surface area contributed by atoms with Crippen LogP contribution in [0.5, 0.6) is 5.75 Å². The predicted octanol–water partition coefficient (Wildman–Crippen LogP) is 3.81. The van der Waals surface area contributed by atoms with Crippen molar-refractivity contribution in [2.45, 2.75) is 32.9 Å². The van der Waals surface area contributed by atoms with Crippen LogP contribution in [0.1, 0.15) is 37.2 Å². The van der Waals surface area contributed by atoms with Crippen LogP contribution in [0.3, 0.4) is 0 Å². The average Bonchev–Trinajstić information content (AvgIpc) is 3.15. The Kier molecular flexibility index (Phi) is 5.63. The smallest absolute Gasteiger partial charge is 0.342 e. The van der Waals surface area contributed by atoms with Gasteiger partial charge in [0.1, 0.15) is 17.1 Å². The Labute approximate surface area is 163 Å². The molecular weight excluding hydrogens is 358 g/mol. The lowest BCUT2D eigenvalue weighted by molar-refractivity contribution is -0.123. The number of esters is 1. The van der Waals surface area contributed by atoms with Gasteiger partial charge in [0.25, 0.3) is 5.91 Å². The van der Waals surface area contributed by atoms with E-state index in [9.17, 15) is 9.59 Å². The van der Waals surface area contributed by atoms with E-state index in [4.69, 9.17) is 9.47 Å². The third-order valence-electron chi connectivity index (χ3n) is 4.35. The molecule has 7 nitrogen and oxygen atoms in total. The van der Waals surface area contributed by atoms with Crippen LogP contribution in [0.2, 0.25) is 0 Å². The quantitative estimate of drug-likeness (QED) is 0.657. The Bertz CT molecular complexity index is 1010. The van der Waals surface area contributed by atoms with Gasteiger partial charge in [-0.1, -0.05) is 24.3 Å². The zero-order chi connectivity index (χ0) is 20.3. The maximum absolute atomic E-state index is 12.7. The van der Waals surface area contributed by atoms with Gasteiger partial charge < -0.3 is 14.8 Å². The Morgan fingerprint density at radius 1 is 1.07 bits per heavy atom. The molecule has 2 aromatic carbocycles. The van der Waals surface area contributed by atoms with Gasteiger partial charge in [-0.15, -0.1) is 0 Å². The molecule has 1 aromatic heterocycles. The fourth-order valence-electron chi connectivity index (χ4n) is 2.88. The number of hydrogen-bond donors (Lipinski definition) is 1. The molecule has 0 bridgehead atoms. The van der Waals surface area contributed by atoms with Gasteiger partial charge in [0.05, 0.1) is 13.3 Å². The summed E-state index contributed by atoms with van der Waals surface area (Å²) in [5.41, 5.74) is 0.271. The maximum atomic E-state index is 12.7. The van der Waals surface area contributed by atoms with Crippen molar-refractivity contribution in [2.24, 2.45) is 0 Å². The minimum absolute atomic E-state index is 0.0880. The van der Waals surface area contributed by atoms with E-state index in [-0.39, 0.29) is 11.6 Å². The largest absolute Gasteiger partial charge is 0.496 e. The fourth-order valence-corrected chi connectivity index (χ4v) is 2.88. The minimum Gasteiger partial charge on any atom is -0.496 e. The first-order chi connectivity index (χ1) is 13.4. The second-order valence-corrected chi connectivity index (χ2v) is 6.69. The van der Waals surface area contributed by atoms with Crippen molar-refractivity contribution in [1.82, 2.24) is 9.78 Å². The van der Waals surface area contributed by atoms with Crippen molar-refractivity contribution in [2.75, 3.05) is 12.4 Å². The number of carbonyl (C=O) groups excluding carboxylic acids is 2. The summed E-state index contributed by atoms with van der Waals surface area (Å²) in [7, 11) is 1.49. The van der Waals surface area contributed by atoms with Crippen LogP contribution >= 0.6 is 0 Å². The van der Waals surface area contributed by atoms with Crippen molar-refractivity contribution in [1.29, 1.82) is 0 Å². The topological polar surface area (TPSA) is 82.4 Å². The lowest BCUT2D eigenvalue weighted by Gasteiger charge is -2.16. The van der Waals surface area contributed by atoms with Gasteiger partial charge in [-0.2, -0.15) is 5.10 Å². The Morgan fingerprint density at radius 2 is 1.75 bits per heavy atom. The van der Waals surface area contributed by atoms with Crippen LogP contribution in [-0.2, 0) is 9.53 Å².